The predicted octanol–water partition coefficient (Wildman–Crippen LogP) is 17.1. The standard InChI is InChI=1S/C36H72O2.C10H18O4.C4H10/c1-5-9-13-17-19-20-21-22-24-26-30-34(35(37)38)36(31-27-15-11-7-3,32-28-16-12-8-4)33-29-25-23-18-14-10-6-2;11-9(12)7-5-3-1-2-4-6-8-10(13)14;1-3-4-2/h34H,5-33H2,1-4H3,(H,37,38);1-8H2,(H,11,12)(H,13,14);3-4H2,1-2H3. The first-order valence-corrected chi connectivity index (χ1v) is 24.8. The lowest BCUT2D eigenvalue weighted by Crippen LogP contribution is -2.36. The van der Waals surface area contributed by atoms with Crippen LogP contribution in [-0.4, -0.2) is 33.2 Å². The summed E-state index contributed by atoms with van der Waals surface area (Å²) in [5, 5.41) is 27.3. The Bertz CT molecular complexity index is 777. The summed E-state index contributed by atoms with van der Waals surface area (Å²) in [6, 6.07) is 0. The first-order valence-electron chi connectivity index (χ1n) is 24.8. The topological polar surface area (TPSA) is 112 Å². The fourth-order valence-corrected chi connectivity index (χ4v) is 7.93. The largest absolute Gasteiger partial charge is 0.481 e. The van der Waals surface area contributed by atoms with Crippen LogP contribution in [0.25, 0.3) is 0 Å². The Morgan fingerprint density at radius 1 is 0.339 bits per heavy atom. The second-order valence-corrected chi connectivity index (χ2v) is 17.1. The molecule has 1 atom stereocenters. The van der Waals surface area contributed by atoms with Crippen molar-refractivity contribution >= 4 is 17.9 Å². The average Bonchev–Trinajstić information content (AvgIpc) is 3.17. The van der Waals surface area contributed by atoms with E-state index in [0.29, 0.717) is 0 Å². The molecule has 0 fully saturated rings. The number of unbranched alkanes of at least 4 members (excludes halogenated alkanes) is 27. The Labute approximate surface area is 350 Å². The van der Waals surface area contributed by atoms with Gasteiger partial charge in [0, 0.05) is 12.8 Å². The lowest BCUT2D eigenvalue weighted by Gasteiger charge is -2.40. The molecule has 0 heterocycles. The monoisotopic (exact) mass is 797 g/mol. The van der Waals surface area contributed by atoms with E-state index in [1.807, 2.05) is 0 Å². The van der Waals surface area contributed by atoms with Gasteiger partial charge in [0.2, 0.25) is 0 Å². The van der Waals surface area contributed by atoms with Crippen LogP contribution in [0.5, 0.6) is 0 Å². The zero-order chi connectivity index (χ0) is 42.4. The number of carbonyl (C=O) groups is 3. The Morgan fingerprint density at radius 3 is 0.857 bits per heavy atom. The summed E-state index contributed by atoms with van der Waals surface area (Å²) >= 11 is 0. The summed E-state index contributed by atoms with van der Waals surface area (Å²) in [5.74, 6) is -2.11. The van der Waals surface area contributed by atoms with Gasteiger partial charge in [-0.15, -0.1) is 0 Å². The molecule has 336 valence electrons. The molecule has 56 heavy (non-hydrogen) atoms. The maximum absolute atomic E-state index is 12.8. The van der Waals surface area contributed by atoms with Gasteiger partial charge in [-0.05, 0) is 43.9 Å². The van der Waals surface area contributed by atoms with Gasteiger partial charge in [-0.2, -0.15) is 0 Å². The van der Waals surface area contributed by atoms with Crippen LogP contribution >= 0.6 is 0 Å². The van der Waals surface area contributed by atoms with Crippen molar-refractivity contribution in [3.63, 3.8) is 0 Å². The summed E-state index contributed by atoms with van der Waals surface area (Å²) in [5.41, 5.74) is 0.0238. The van der Waals surface area contributed by atoms with Crippen molar-refractivity contribution in [2.75, 3.05) is 0 Å². The summed E-state index contributed by atoms with van der Waals surface area (Å²) in [4.78, 5) is 33.1. The zero-order valence-electron chi connectivity index (χ0n) is 38.7. The Balaban J connectivity index is -0.00000128. The molecule has 0 aromatic heterocycles. The van der Waals surface area contributed by atoms with Crippen LogP contribution in [-0.2, 0) is 14.4 Å². The Kier molecular flexibility index (Phi) is 50.1. The normalized spacial score (nSPS) is 11.7. The minimum absolute atomic E-state index is 0.0238. The number of carboxylic acid groups (broad SMARTS) is 3. The summed E-state index contributed by atoms with van der Waals surface area (Å²) in [6.45, 7) is 13.5. The van der Waals surface area contributed by atoms with Gasteiger partial charge in [0.15, 0.2) is 0 Å². The van der Waals surface area contributed by atoms with Gasteiger partial charge in [-0.3, -0.25) is 14.4 Å². The third kappa shape index (κ3) is 43.5. The molecule has 6 nitrogen and oxygen atoms in total. The molecule has 0 aliphatic carbocycles. The highest BCUT2D eigenvalue weighted by Crippen LogP contribution is 2.46. The van der Waals surface area contributed by atoms with Crippen molar-refractivity contribution in [3.05, 3.63) is 0 Å². The Morgan fingerprint density at radius 2 is 0.589 bits per heavy atom. The number of hydrogen-bond acceptors (Lipinski definition) is 3. The first-order chi connectivity index (χ1) is 27.1. The number of aliphatic carboxylic acids is 3. The van der Waals surface area contributed by atoms with Crippen LogP contribution in [0.1, 0.15) is 292 Å². The van der Waals surface area contributed by atoms with E-state index in [9.17, 15) is 19.5 Å². The van der Waals surface area contributed by atoms with Gasteiger partial charge in [0.25, 0.3) is 0 Å². The van der Waals surface area contributed by atoms with Crippen molar-refractivity contribution in [2.45, 2.75) is 292 Å². The summed E-state index contributed by atoms with van der Waals surface area (Å²) in [7, 11) is 0. The summed E-state index contributed by atoms with van der Waals surface area (Å²) in [6.07, 6.45) is 45.3. The van der Waals surface area contributed by atoms with E-state index in [4.69, 9.17) is 10.2 Å². The number of carboxylic acids is 3. The quantitative estimate of drug-likeness (QED) is 0.0531. The predicted molar refractivity (Wildman–Crippen MR) is 243 cm³/mol. The SMILES string of the molecule is CCCC.CCCCCCCCCCCCC(C(=O)O)C(CCCCCC)(CCCCCC)CCCCCCCCC.O=C(O)CCCCCCCCC(=O)O. The van der Waals surface area contributed by atoms with E-state index in [0.717, 1.165) is 70.6 Å². The third-order valence-electron chi connectivity index (χ3n) is 11.7. The molecule has 1 unspecified atom stereocenters. The second kappa shape index (κ2) is 47.8. The molecule has 0 rings (SSSR count). The van der Waals surface area contributed by atoms with Crippen LogP contribution in [0.15, 0.2) is 0 Å². The van der Waals surface area contributed by atoms with Crippen molar-refractivity contribution in [1.29, 1.82) is 0 Å². The van der Waals surface area contributed by atoms with E-state index < -0.39 is 17.9 Å². The fraction of sp³-hybridized carbons (Fsp3) is 0.940. The molecule has 0 aliphatic heterocycles. The van der Waals surface area contributed by atoms with Crippen LogP contribution < -0.4 is 0 Å². The number of rotatable bonds is 41. The van der Waals surface area contributed by atoms with Crippen LogP contribution in [0.3, 0.4) is 0 Å². The smallest absolute Gasteiger partial charge is 0.307 e. The van der Waals surface area contributed by atoms with E-state index in [1.165, 1.54) is 167 Å². The molecular weight excluding hydrogens is 697 g/mol. The lowest BCUT2D eigenvalue weighted by atomic mass is 9.64. The van der Waals surface area contributed by atoms with E-state index >= 15 is 0 Å². The molecule has 0 aliphatic rings. The summed E-state index contributed by atoms with van der Waals surface area (Å²) < 4.78 is 0. The molecule has 6 heteroatoms. The van der Waals surface area contributed by atoms with E-state index in [2.05, 4.69) is 41.5 Å². The third-order valence-corrected chi connectivity index (χ3v) is 11.7. The van der Waals surface area contributed by atoms with Gasteiger partial charge >= 0.3 is 17.9 Å². The molecule has 0 amide bonds. The minimum atomic E-state index is -0.740. The van der Waals surface area contributed by atoms with Gasteiger partial charge in [0.05, 0.1) is 5.92 Å². The molecule has 0 saturated heterocycles. The first kappa shape index (κ1) is 58.7. The molecule has 0 aromatic rings. The minimum Gasteiger partial charge on any atom is -0.481 e. The van der Waals surface area contributed by atoms with Crippen molar-refractivity contribution < 1.29 is 29.7 Å². The van der Waals surface area contributed by atoms with Crippen molar-refractivity contribution in [3.8, 4) is 0 Å². The Hall–Kier alpha value is -1.59. The van der Waals surface area contributed by atoms with E-state index in [1.54, 1.807) is 0 Å². The second-order valence-electron chi connectivity index (χ2n) is 17.1. The molecule has 0 bridgehead atoms. The highest BCUT2D eigenvalue weighted by atomic mass is 16.4. The zero-order valence-corrected chi connectivity index (χ0v) is 38.7. The lowest BCUT2D eigenvalue weighted by molar-refractivity contribution is -0.148. The maximum Gasteiger partial charge on any atom is 0.307 e. The van der Waals surface area contributed by atoms with E-state index in [-0.39, 0.29) is 24.2 Å². The highest BCUT2D eigenvalue weighted by Gasteiger charge is 2.41. The molecule has 0 spiro atoms. The van der Waals surface area contributed by atoms with Crippen molar-refractivity contribution in [1.82, 2.24) is 0 Å². The maximum atomic E-state index is 12.8. The van der Waals surface area contributed by atoms with Crippen LogP contribution in [0.4, 0.5) is 0 Å². The van der Waals surface area contributed by atoms with Gasteiger partial charge in [-0.25, -0.2) is 0 Å². The highest BCUT2D eigenvalue weighted by molar-refractivity contribution is 5.71. The van der Waals surface area contributed by atoms with Gasteiger partial charge in [-0.1, -0.05) is 241 Å². The molecule has 0 radical (unpaired) electrons. The van der Waals surface area contributed by atoms with Crippen LogP contribution in [0, 0.1) is 11.3 Å². The van der Waals surface area contributed by atoms with Crippen molar-refractivity contribution in [2.24, 2.45) is 11.3 Å². The van der Waals surface area contributed by atoms with Crippen LogP contribution in [0.2, 0.25) is 0 Å². The molecular formula is C50H100O6. The average molecular weight is 797 g/mol. The van der Waals surface area contributed by atoms with Gasteiger partial charge < -0.3 is 15.3 Å². The molecule has 0 saturated carbocycles. The molecule has 0 aromatic carbocycles. The fourth-order valence-electron chi connectivity index (χ4n) is 7.93. The molecule has 3 N–H and O–H groups in total. The number of hydrogen-bond donors (Lipinski definition) is 3. The van der Waals surface area contributed by atoms with Gasteiger partial charge in [0.1, 0.15) is 0 Å².